The number of aromatic nitrogens is 2. The van der Waals surface area contributed by atoms with Gasteiger partial charge in [0, 0.05) is 44.4 Å². The third kappa shape index (κ3) is 4.97. The van der Waals surface area contributed by atoms with Gasteiger partial charge in [-0.05, 0) is 34.6 Å². The Morgan fingerprint density at radius 2 is 1.87 bits per heavy atom. The predicted molar refractivity (Wildman–Crippen MR) is 90.2 cm³/mol. The van der Waals surface area contributed by atoms with Crippen molar-refractivity contribution in [1.29, 1.82) is 0 Å². The van der Waals surface area contributed by atoms with Gasteiger partial charge in [-0.2, -0.15) is 5.10 Å². The first-order valence-corrected chi connectivity index (χ1v) is 8.13. The highest BCUT2D eigenvalue weighted by Gasteiger charge is 2.18. The van der Waals surface area contributed by atoms with Gasteiger partial charge in [-0.3, -0.25) is 9.48 Å². The van der Waals surface area contributed by atoms with Crippen molar-refractivity contribution in [2.45, 2.75) is 47.1 Å². The van der Waals surface area contributed by atoms with Gasteiger partial charge in [0.25, 0.3) is 0 Å². The lowest BCUT2D eigenvalue weighted by Gasteiger charge is -2.19. The quantitative estimate of drug-likeness (QED) is 0.801. The number of carbonyl (C=O) groups is 2. The van der Waals surface area contributed by atoms with Gasteiger partial charge < -0.3 is 15.5 Å². The molecule has 23 heavy (non-hydrogen) atoms. The molecule has 1 aromatic rings. The van der Waals surface area contributed by atoms with Crippen LogP contribution < -0.4 is 10.6 Å². The highest BCUT2D eigenvalue weighted by atomic mass is 16.2. The number of nitrogens with one attached hydrogen (secondary N) is 2. The highest BCUT2D eigenvalue weighted by Crippen LogP contribution is 2.20. The third-order valence-electron chi connectivity index (χ3n) is 4.09. The van der Waals surface area contributed by atoms with E-state index in [2.05, 4.69) is 15.7 Å². The van der Waals surface area contributed by atoms with Crippen LogP contribution in [0.1, 0.15) is 50.2 Å². The Balaban J connectivity index is 2.46. The molecule has 0 bridgehead atoms. The zero-order valence-electron chi connectivity index (χ0n) is 15.1. The molecule has 0 aliphatic rings. The highest BCUT2D eigenvalue weighted by molar-refractivity contribution is 5.78. The minimum absolute atomic E-state index is 0.0577. The summed E-state index contributed by atoms with van der Waals surface area (Å²) in [6.07, 6.45) is 0.314. The van der Waals surface area contributed by atoms with E-state index in [9.17, 15) is 9.59 Å². The monoisotopic (exact) mass is 323 g/mol. The van der Waals surface area contributed by atoms with Gasteiger partial charge in [-0.25, -0.2) is 4.79 Å². The first-order chi connectivity index (χ1) is 10.8. The van der Waals surface area contributed by atoms with Crippen LogP contribution in [0, 0.1) is 13.8 Å². The molecule has 2 N–H and O–H groups in total. The second-order valence-corrected chi connectivity index (χ2v) is 5.65. The van der Waals surface area contributed by atoms with Crippen molar-refractivity contribution >= 4 is 11.9 Å². The van der Waals surface area contributed by atoms with Gasteiger partial charge in [0.2, 0.25) is 5.91 Å². The van der Waals surface area contributed by atoms with E-state index in [1.165, 1.54) is 0 Å². The first-order valence-electron chi connectivity index (χ1n) is 8.13. The molecule has 0 fully saturated rings. The molecule has 7 heteroatoms. The summed E-state index contributed by atoms with van der Waals surface area (Å²) in [5.41, 5.74) is 2.98. The van der Waals surface area contributed by atoms with Crippen LogP contribution in [-0.4, -0.2) is 46.3 Å². The number of hydrogen-bond acceptors (Lipinski definition) is 3. The molecule has 0 aliphatic carbocycles. The molecule has 7 nitrogen and oxygen atoms in total. The van der Waals surface area contributed by atoms with Crippen LogP contribution in [-0.2, 0) is 11.8 Å². The molecule has 0 saturated carbocycles. The lowest BCUT2D eigenvalue weighted by atomic mass is 10.1. The molecular formula is C16H29N5O2. The zero-order valence-corrected chi connectivity index (χ0v) is 15.1. The summed E-state index contributed by atoms with van der Waals surface area (Å²) < 4.78 is 1.81. The SMILES string of the molecule is CCN(CC)C(=O)CCNC(=O)NC(C)c1c(C)nn(C)c1C. The van der Waals surface area contributed by atoms with Gasteiger partial charge in [-0.1, -0.05) is 0 Å². The molecule has 130 valence electrons. The molecule has 0 radical (unpaired) electrons. The summed E-state index contributed by atoms with van der Waals surface area (Å²) in [5.74, 6) is 0.0577. The minimum Gasteiger partial charge on any atom is -0.343 e. The van der Waals surface area contributed by atoms with E-state index in [1.807, 2.05) is 46.3 Å². The fourth-order valence-electron chi connectivity index (χ4n) is 2.75. The molecule has 1 atom stereocenters. The third-order valence-corrected chi connectivity index (χ3v) is 4.09. The molecule has 1 heterocycles. The van der Waals surface area contributed by atoms with Crippen LogP contribution >= 0.6 is 0 Å². The van der Waals surface area contributed by atoms with Crippen LogP contribution in [0.4, 0.5) is 4.79 Å². The smallest absolute Gasteiger partial charge is 0.315 e. The van der Waals surface area contributed by atoms with Crippen LogP contribution in [0.2, 0.25) is 0 Å². The summed E-state index contributed by atoms with van der Waals surface area (Å²) in [7, 11) is 1.89. The molecule has 0 aromatic carbocycles. The number of amides is 3. The van der Waals surface area contributed by atoms with E-state index >= 15 is 0 Å². The number of hydrogen-bond donors (Lipinski definition) is 2. The fraction of sp³-hybridized carbons (Fsp3) is 0.688. The largest absolute Gasteiger partial charge is 0.343 e. The van der Waals surface area contributed by atoms with Crippen molar-refractivity contribution in [1.82, 2.24) is 25.3 Å². The molecule has 0 saturated heterocycles. The average Bonchev–Trinajstić information content (AvgIpc) is 2.73. The van der Waals surface area contributed by atoms with Crippen LogP contribution in [0.25, 0.3) is 0 Å². The molecule has 0 aliphatic heterocycles. The number of nitrogens with zero attached hydrogens (tertiary/aromatic N) is 3. The minimum atomic E-state index is -0.271. The topological polar surface area (TPSA) is 79.3 Å². The Hall–Kier alpha value is -2.05. The van der Waals surface area contributed by atoms with Crippen molar-refractivity contribution in [2.75, 3.05) is 19.6 Å². The van der Waals surface area contributed by atoms with Gasteiger partial charge in [-0.15, -0.1) is 0 Å². The Labute approximate surface area is 138 Å². The van der Waals surface area contributed by atoms with E-state index in [-0.39, 0.29) is 18.0 Å². The summed E-state index contributed by atoms with van der Waals surface area (Å²) in [6, 6.07) is -0.408. The van der Waals surface area contributed by atoms with E-state index in [1.54, 1.807) is 4.90 Å². The van der Waals surface area contributed by atoms with Gasteiger partial charge in [0.05, 0.1) is 11.7 Å². The lowest BCUT2D eigenvalue weighted by molar-refractivity contribution is -0.130. The van der Waals surface area contributed by atoms with Crippen molar-refractivity contribution in [2.24, 2.45) is 7.05 Å². The second kappa shape index (κ2) is 8.55. The van der Waals surface area contributed by atoms with E-state index in [0.29, 0.717) is 26.1 Å². The van der Waals surface area contributed by atoms with Gasteiger partial charge in [0.1, 0.15) is 0 Å². The maximum atomic E-state index is 12.0. The standard InChI is InChI=1S/C16H29N5O2/c1-7-21(8-2)14(22)9-10-17-16(23)18-11(3)15-12(4)19-20(6)13(15)5/h11H,7-10H2,1-6H3,(H2,17,18,23). The lowest BCUT2D eigenvalue weighted by Crippen LogP contribution is -2.40. The predicted octanol–water partition coefficient (Wildman–Crippen LogP) is 1.66. The Kier molecular flexibility index (Phi) is 7.06. The molecule has 1 rings (SSSR count). The summed E-state index contributed by atoms with van der Waals surface area (Å²) in [5, 5.41) is 9.99. The normalized spacial score (nSPS) is 11.9. The average molecular weight is 323 g/mol. The van der Waals surface area contributed by atoms with Crippen LogP contribution in [0.5, 0.6) is 0 Å². The molecule has 3 amide bonds. The van der Waals surface area contributed by atoms with Crippen LogP contribution in [0.15, 0.2) is 0 Å². The fourth-order valence-corrected chi connectivity index (χ4v) is 2.75. The zero-order chi connectivity index (χ0) is 17.6. The van der Waals surface area contributed by atoms with Crippen molar-refractivity contribution in [3.63, 3.8) is 0 Å². The summed E-state index contributed by atoms with van der Waals surface area (Å²) >= 11 is 0. The van der Waals surface area contributed by atoms with E-state index in [4.69, 9.17) is 0 Å². The number of rotatable bonds is 7. The molecule has 1 aromatic heterocycles. The van der Waals surface area contributed by atoms with Gasteiger partial charge >= 0.3 is 6.03 Å². The summed E-state index contributed by atoms with van der Waals surface area (Å²) in [6.45, 7) is 11.5. The second-order valence-electron chi connectivity index (χ2n) is 5.65. The maximum Gasteiger partial charge on any atom is 0.315 e. The first kappa shape index (κ1) is 19.0. The number of aryl methyl sites for hydroxylation is 2. The van der Waals surface area contributed by atoms with E-state index in [0.717, 1.165) is 17.0 Å². The van der Waals surface area contributed by atoms with Crippen molar-refractivity contribution in [3.8, 4) is 0 Å². The number of carbonyl (C=O) groups excluding carboxylic acids is 2. The van der Waals surface area contributed by atoms with Gasteiger partial charge in [0.15, 0.2) is 0 Å². The molecular weight excluding hydrogens is 294 g/mol. The molecule has 1 unspecified atom stereocenters. The molecule has 0 spiro atoms. The van der Waals surface area contributed by atoms with Crippen LogP contribution in [0.3, 0.4) is 0 Å². The van der Waals surface area contributed by atoms with E-state index < -0.39 is 0 Å². The number of urea groups is 1. The Bertz CT molecular complexity index is 549. The Morgan fingerprint density at radius 3 is 2.35 bits per heavy atom. The van der Waals surface area contributed by atoms with Crippen molar-refractivity contribution in [3.05, 3.63) is 17.0 Å². The van der Waals surface area contributed by atoms with Crippen molar-refractivity contribution < 1.29 is 9.59 Å². The Morgan fingerprint density at radius 1 is 1.26 bits per heavy atom. The summed E-state index contributed by atoms with van der Waals surface area (Å²) in [4.78, 5) is 25.6. The maximum absolute atomic E-state index is 12.0.